The largest absolute Gasteiger partial charge is 0.353 e. The van der Waals surface area contributed by atoms with Crippen LogP contribution >= 0.6 is 0 Å². The van der Waals surface area contributed by atoms with Crippen LogP contribution in [0, 0.1) is 12.8 Å². The van der Waals surface area contributed by atoms with Gasteiger partial charge in [0, 0.05) is 37.9 Å². The third kappa shape index (κ3) is 3.96. The van der Waals surface area contributed by atoms with E-state index in [1.165, 1.54) is 12.8 Å². The van der Waals surface area contributed by atoms with Gasteiger partial charge in [-0.15, -0.1) is 0 Å². The van der Waals surface area contributed by atoms with Gasteiger partial charge < -0.3 is 10.2 Å². The molecule has 1 saturated carbocycles. The Morgan fingerprint density at radius 2 is 1.82 bits per heavy atom. The highest BCUT2D eigenvalue weighted by atomic mass is 16.1. The topological polar surface area (TPSA) is 58.1 Å². The van der Waals surface area contributed by atoms with Gasteiger partial charge in [0.1, 0.15) is 0 Å². The maximum absolute atomic E-state index is 12.1. The van der Waals surface area contributed by atoms with Crippen molar-refractivity contribution in [1.29, 1.82) is 0 Å². The molecule has 1 N–H and O–H groups in total. The molecule has 0 unspecified atom stereocenters. The van der Waals surface area contributed by atoms with Crippen LogP contribution in [0.15, 0.2) is 12.4 Å². The first kappa shape index (κ1) is 15.3. The number of aryl methyl sites for hydroxylation is 1. The first-order chi connectivity index (χ1) is 10.7. The van der Waals surface area contributed by atoms with Crippen molar-refractivity contribution >= 4 is 11.9 Å². The van der Waals surface area contributed by atoms with Gasteiger partial charge in [-0.1, -0.05) is 12.8 Å². The molecule has 0 bridgehead atoms. The molecule has 5 heteroatoms. The van der Waals surface area contributed by atoms with E-state index in [2.05, 4.69) is 20.2 Å². The van der Waals surface area contributed by atoms with Gasteiger partial charge in [0.15, 0.2) is 0 Å². The number of amides is 1. The number of piperidine rings is 1. The van der Waals surface area contributed by atoms with Crippen molar-refractivity contribution in [2.45, 2.75) is 57.9 Å². The van der Waals surface area contributed by atoms with Crippen molar-refractivity contribution in [3.63, 3.8) is 0 Å². The summed E-state index contributed by atoms with van der Waals surface area (Å²) in [4.78, 5) is 23.1. The predicted molar refractivity (Wildman–Crippen MR) is 86.7 cm³/mol. The minimum atomic E-state index is 0.247. The highest BCUT2D eigenvalue weighted by Gasteiger charge is 2.24. The molecule has 1 amide bonds. The van der Waals surface area contributed by atoms with Crippen molar-refractivity contribution in [3.05, 3.63) is 18.0 Å². The van der Waals surface area contributed by atoms with Crippen molar-refractivity contribution in [2.75, 3.05) is 18.0 Å². The lowest BCUT2D eigenvalue weighted by Gasteiger charge is -2.31. The van der Waals surface area contributed by atoms with E-state index in [0.717, 1.165) is 50.3 Å². The molecule has 1 aromatic heterocycles. The Hall–Kier alpha value is -1.65. The Bertz CT molecular complexity index is 488. The van der Waals surface area contributed by atoms with Crippen LogP contribution in [0.4, 0.5) is 5.95 Å². The second-order valence-electron chi connectivity index (χ2n) is 6.74. The molecule has 0 atom stereocenters. The molecule has 1 aromatic rings. The van der Waals surface area contributed by atoms with E-state index < -0.39 is 0 Å². The molecule has 120 valence electrons. The number of rotatable bonds is 4. The van der Waals surface area contributed by atoms with Gasteiger partial charge in [0.25, 0.3) is 0 Å². The Balaban J connectivity index is 1.43. The van der Waals surface area contributed by atoms with E-state index in [9.17, 15) is 4.79 Å². The van der Waals surface area contributed by atoms with Crippen LogP contribution in [0.5, 0.6) is 0 Å². The molecule has 2 fully saturated rings. The number of aromatic nitrogens is 2. The molecular weight excluding hydrogens is 276 g/mol. The SMILES string of the molecule is Cc1cnc(N2CCC(CC(=O)NC3CCCC3)CC2)nc1. The van der Waals surface area contributed by atoms with Crippen molar-refractivity contribution < 1.29 is 4.79 Å². The van der Waals surface area contributed by atoms with Gasteiger partial charge in [-0.3, -0.25) is 4.79 Å². The zero-order valence-electron chi connectivity index (χ0n) is 13.4. The molecule has 1 saturated heterocycles. The number of carbonyl (C=O) groups is 1. The molecule has 1 aliphatic heterocycles. The lowest BCUT2D eigenvalue weighted by Crippen LogP contribution is -2.38. The molecule has 0 spiro atoms. The molecule has 2 aliphatic rings. The Morgan fingerprint density at radius 1 is 1.18 bits per heavy atom. The summed E-state index contributed by atoms with van der Waals surface area (Å²) < 4.78 is 0. The summed E-state index contributed by atoms with van der Waals surface area (Å²) in [5.41, 5.74) is 1.09. The first-order valence-corrected chi connectivity index (χ1v) is 8.53. The van der Waals surface area contributed by atoms with E-state index in [0.29, 0.717) is 18.4 Å². The average molecular weight is 302 g/mol. The van der Waals surface area contributed by atoms with Crippen molar-refractivity contribution in [2.24, 2.45) is 5.92 Å². The number of anilines is 1. The molecule has 3 rings (SSSR count). The molecular formula is C17H26N4O. The second kappa shape index (κ2) is 7.07. The highest BCUT2D eigenvalue weighted by Crippen LogP contribution is 2.24. The minimum absolute atomic E-state index is 0.247. The monoisotopic (exact) mass is 302 g/mol. The van der Waals surface area contributed by atoms with Gasteiger partial charge in [-0.05, 0) is 44.1 Å². The summed E-state index contributed by atoms with van der Waals surface area (Å²) in [5, 5.41) is 3.20. The fraction of sp³-hybridized carbons (Fsp3) is 0.706. The zero-order valence-corrected chi connectivity index (χ0v) is 13.4. The molecule has 0 aromatic carbocycles. The van der Waals surface area contributed by atoms with Gasteiger partial charge in [0.05, 0.1) is 0 Å². The summed E-state index contributed by atoms with van der Waals surface area (Å²) in [7, 11) is 0. The summed E-state index contributed by atoms with van der Waals surface area (Å²) in [5.74, 6) is 1.57. The van der Waals surface area contributed by atoms with E-state index in [1.54, 1.807) is 0 Å². The maximum Gasteiger partial charge on any atom is 0.225 e. The summed E-state index contributed by atoms with van der Waals surface area (Å²) in [6.45, 7) is 3.90. The van der Waals surface area contributed by atoms with E-state index in [-0.39, 0.29) is 5.91 Å². The fourth-order valence-electron chi connectivity index (χ4n) is 3.51. The molecule has 0 radical (unpaired) electrons. The number of nitrogens with one attached hydrogen (secondary N) is 1. The highest BCUT2D eigenvalue weighted by molar-refractivity contribution is 5.76. The van der Waals surface area contributed by atoms with E-state index in [4.69, 9.17) is 0 Å². The lowest BCUT2D eigenvalue weighted by molar-refractivity contribution is -0.122. The number of hydrogen-bond donors (Lipinski definition) is 1. The predicted octanol–water partition coefficient (Wildman–Crippen LogP) is 2.45. The van der Waals surface area contributed by atoms with E-state index >= 15 is 0 Å². The number of hydrogen-bond acceptors (Lipinski definition) is 4. The third-order valence-corrected chi connectivity index (χ3v) is 4.86. The minimum Gasteiger partial charge on any atom is -0.353 e. The smallest absolute Gasteiger partial charge is 0.225 e. The first-order valence-electron chi connectivity index (χ1n) is 8.53. The van der Waals surface area contributed by atoms with Gasteiger partial charge >= 0.3 is 0 Å². The Kier molecular flexibility index (Phi) is 4.90. The van der Waals surface area contributed by atoms with Crippen molar-refractivity contribution in [1.82, 2.24) is 15.3 Å². The fourth-order valence-corrected chi connectivity index (χ4v) is 3.51. The van der Waals surface area contributed by atoms with Crippen LogP contribution in [0.25, 0.3) is 0 Å². The van der Waals surface area contributed by atoms with E-state index in [1.807, 2.05) is 19.3 Å². The Morgan fingerprint density at radius 3 is 2.45 bits per heavy atom. The van der Waals surface area contributed by atoms with Crippen LogP contribution in [-0.4, -0.2) is 35.0 Å². The third-order valence-electron chi connectivity index (χ3n) is 4.86. The van der Waals surface area contributed by atoms with Crippen LogP contribution < -0.4 is 10.2 Å². The molecule has 5 nitrogen and oxygen atoms in total. The summed E-state index contributed by atoms with van der Waals surface area (Å²) in [6.07, 6.45) is 11.4. The maximum atomic E-state index is 12.1. The number of nitrogens with zero attached hydrogens (tertiary/aromatic N) is 3. The average Bonchev–Trinajstić information content (AvgIpc) is 3.02. The molecule has 1 aliphatic carbocycles. The van der Waals surface area contributed by atoms with Crippen LogP contribution in [0.2, 0.25) is 0 Å². The molecule has 22 heavy (non-hydrogen) atoms. The van der Waals surface area contributed by atoms with Crippen LogP contribution in [0.3, 0.4) is 0 Å². The Labute approximate surface area is 132 Å². The normalized spacial score (nSPS) is 20.3. The zero-order chi connectivity index (χ0) is 15.4. The summed E-state index contributed by atoms with van der Waals surface area (Å²) in [6, 6.07) is 0.438. The van der Waals surface area contributed by atoms with Gasteiger partial charge in [-0.25, -0.2) is 9.97 Å². The second-order valence-corrected chi connectivity index (χ2v) is 6.74. The van der Waals surface area contributed by atoms with Gasteiger partial charge in [0.2, 0.25) is 11.9 Å². The summed E-state index contributed by atoms with van der Waals surface area (Å²) >= 11 is 0. The van der Waals surface area contributed by atoms with Crippen molar-refractivity contribution in [3.8, 4) is 0 Å². The lowest BCUT2D eigenvalue weighted by atomic mass is 9.93. The van der Waals surface area contributed by atoms with Crippen LogP contribution in [0.1, 0.15) is 50.5 Å². The molecule has 2 heterocycles. The van der Waals surface area contributed by atoms with Crippen LogP contribution in [-0.2, 0) is 4.79 Å². The quantitative estimate of drug-likeness (QED) is 0.928. The van der Waals surface area contributed by atoms with Gasteiger partial charge in [-0.2, -0.15) is 0 Å². The number of carbonyl (C=O) groups excluding carboxylic acids is 1. The standard InChI is InChI=1S/C17H26N4O/c1-13-11-18-17(19-12-13)21-8-6-14(7-9-21)10-16(22)20-15-4-2-3-5-15/h11-12,14-15H,2-10H2,1H3,(H,20,22).